The molecule has 120 valence electrons. The molecule has 0 N–H and O–H groups in total. The van der Waals surface area contributed by atoms with E-state index in [2.05, 4.69) is 12.2 Å². The molecule has 0 aliphatic carbocycles. The number of methoxy groups -OCH3 is 2. The molecule has 0 saturated heterocycles. The lowest BCUT2D eigenvalue weighted by Crippen LogP contribution is -2.11. The van der Waals surface area contributed by atoms with Crippen LogP contribution >= 0.6 is 0 Å². The van der Waals surface area contributed by atoms with E-state index in [0.29, 0.717) is 36.0 Å². The fraction of sp³-hybridized carbons (Fsp3) is 0.471. The Morgan fingerprint density at radius 1 is 0.955 bits per heavy atom. The minimum atomic E-state index is -0.433. The van der Waals surface area contributed by atoms with Crippen molar-refractivity contribution >= 4 is 5.97 Å². The molecule has 1 aromatic rings. The van der Waals surface area contributed by atoms with Crippen LogP contribution in [-0.2, 0) is 4.74 Å². The summed E-state index contributed by atoms with van der Waals surface area (Å²) in [7, 11) is 3.07. The quantitative estimate of drug-likeness (QED) is 0.619. The van der Waals surface area contributed by atoms with Crippen LogP contribution < -0.4 is 14.2 Å². The molecular weight excluding hydrogens is 284 g/mol. The maximum atomic E-state index is 12.3. The molecule has 1 aliphatic heterocycles. The monoisotopic (exact) mass is 306 g/mol. The predicted molar refractivity (Wildman–Crippen MR) is 82.9 cm³/mol. The molecule has 1 aromatic carbocycles. The Morgan fingerprint density at radius 3 is 2.27 bits per heavy atom. The lowest BCUT2D eigenvalue weighted by Gasteiger charge is -2.15. The largest absolute Gasteiger partial charge is 0.496 e. The number of esters is 1. The Labute approximate surface area is 130 Å². The molecule has 0 fully saturated rings. The lowest BCUT2D eigenvalue weighted by atomic mass is 10.1. The van der Waals surface area contributed by atoms with Crippen molar-refractivity contribution in [2.45, 2.75) is 25.7 Å². The minimum Gasteiger partial charge on any atom is -0.496 e. The van der Waals surface area contributed by atoms with Gasteiger partial charge in [0.25, 0.3) is 0 Å². The number of hydrogen-bond donors (Lipinski definition) is 0. The van der Waals surface area contributed by atoms with Gasteiger partial charge < -0.3 is 18.9 Å². The van der Waals surface area contributed by atoms with Gasteiger partial charge in [0.05, 0.1) is 27.4 Å². The van der Waals surface area contributed by atoms with E-state index < -0.39 is 5.97 Å². The van der Waals surface area contributed by atoms with Gasteiger partial charge in [-0.25, -0.2) is 4.79 Å². The zero-order valence-electron chi connectivity index (χ0n) is 13.1. The molecule has 0 spiro atoms. The highest BCUT2D eigenvalue weighted by atomic mass is 16.5. The molecule has 0 unspecified atom stereocenters. The van der Waals surface area contributed by atoms with Gasteiger partial charge >= 0.3 is 5.97 Å². The molecule has 5 heteroatoms. The van der Waals surface area contributed by atoms with Crippen molar-refractivity contribution in [3.8, 4) is 17.2 Å². The number of benzene rings is 1. The van der Waals surface area contributed by atoms with E-state index in [1.165, 1.54) is 7.11 Å². The molecule has 0 amide bonds. The average Bonchev–Trinajstić information content (AvgIpc) is 2.56. The molecule has 5 nitrogen and oxygen atoms in total. The molecule has 2 rings (SSSR count). The van der Waals surface area contributed by atoms with Gasteiger partial charge in [-0.05, 0) is 25.7 Å². The second kappa shape index (κ2) is 8.32. The van der Waals surface area contributed by atoms with Crippen LogP contribution in [0.2, 0.25) is 0 Å². The highest BCUT2D eigenvalue weighted by molar-refractivity contribution is 5.96. The average molecular weight is 306 g/mol. The van der Waals surface area contributed by atoms with Gasteiger partial charge in [-0.1, -0.05) is 12.2 Å². The van der Waals surface area contributed by atoms with E-state index in [1.54, 1.807) is 19.2 Å². The Hall–Kier alpha value is -2.17. The predicted octanol–water partition coefficient (Wildman–Crippen LogP) is 3.37. The molecular formula is C17H22O5. The molecule has 0 radical (unpaired) electrons. The summed E-state index contributed by atoms with van der Waals surface area (Å²) in [5, 5.41) is 0. The summed E-state index contributed by atoms with van der Waals surface area (Å²) in [4.78, 5) is 12.3. The Bertz CT molecular complexity index is 536. The van der Waals surface area contributed by atoms with Gasteiger partial charge in [-0.3, -0.25) is 0 Å². The van der Waals surface area contributed by atoms with Crippen molar-refractivity contribution in [1.29, 1.82) is 0 Å². The van der Waals surface area contributed by atoms with Crippen molar-refractivity contribution in [1.82, 2.24) is 0 Å². The number of rotatable bonds is 2. The lowest BCUT2D eigenvalue weighted by molar-refractivity contribution is 0.0493. The van der Waals surface area contributed by atoms with E-state index in [0.717, 1.165) is 25.7 Å². The molecule has 0 saturated carbocycles. The third-order valence-corrected chi connectivity index (χ3v) is 3.39. The summed E-state index contributed by atoms with van der Waals surface area (Å²) in [5.41, 5.74) is 0.315. The first-order chi connectivity index (χ1) is 10.8. The van der Waals surface area contributed by atoms with E-state index >= 15 is 0 Å². The van der Waals surface area contributed by atoms with Crippen LogP contribution in [0.1, 0.15) is 36.0 Å². The number of carbonyl (C=O) groups is 1. The topological polar surface area (TPSA) is 54.0 Å². The van der Waals surface area contributed by atoms with Gasteiger partial charge in [0.1, 0.15) is 22.8 Å². The van der Waals surface area contributed by atoms with Crippen LogP contribution in [0.3, 0.4) is 0 Å². The van der Waals surface area contributed by atoms with Crippen LogP contribution in [-0.4, -0.2) is 33.4 Å². The van der Waals surface area contributed by atoms with Gasteiger partial charge in [0.2, 0.25) is 0 Å². The first-order valence-corrected chi connectivity index (χ1v) is 7.47. The van der Waals surface area contributed by atoms with Crippen molar-refractivity contribution in [2.24, 2.45) is 0 Å². The summed E-state index contributed by atoms with van der Waals surface area (Å²) in [6, 6.07) is 3.34. The van der Waals surface area contributed by atoms with Gasteiger partial charge in [-0.2, -0.15) is 0 Å². The van der Waals surface area contributed by atoms with Gasteiger partial charge in [-0.15, -0.1) is 0 Å². The number of carbonyl (C=O) groups excluding carboxylic acids is 1. The maximum absolute atomic E-state index is 12.3. The number of cyclic esters (lactones) is 1. The Balaban J connectivity index is 2.33. The second-order valence-corrected chi connectivity index (χ2v) is 4.94. The van der Waals surface area contributed by atoms with Crippen molar-refractivity contribution in [2.75, 3.05) is 27.4 Å². The molecule has 0 atom stereocenters. The summed E-state index contributed by atoms with van der Waals surface area (Å²) >= 11 is 0. The first-order valence-electron chi connectivity index (χ1n) is 7.47. The van der Waals surface area contributed by atoms with Gasteiger partial charge in [0.15, 0.2) is 0 Å². The SMILES string of the molecule is COc1cc(OC)c2c(c1)OCCC/C=C\CCCOC2=O. The molecule has 0 aromatic heterocycles. The molecule has 0 bridgehead atoms. The third-order valence-electron chi connectivity index (χ3n) is 3.39. The summed E-state index contributed by atoms with van der Waals surface area (Å²) < 4.78 is 21.6. The minimum absolute atomic E-state index is 0.315. The van der Waals surface area contributed by atoms with Crippen molar-refractivity contribution in [3.05, 3.63) is 29.8 Å². The van der Waals surface area contributed by atoms with Crippen LogP contribution in [0.4, 0.5) is 0 Å². The number of fused-ring (bicyclic) bond motifs is 1. The highest BCUT2D eigenvalue weighted by Crippen LogP contribution is 2.35. The van der Waals surface area contributed by atoms with E-state index in [-0.39, 0.29) is 0 Å². The van der Waals surface area contributed by atoms with E-state index in [9.17, 15) is 4.79 Å². The molecule has 1 aliphatic rings. The molecule has 22 heavy (non-hydrogen) atoms. The number of hydrogen-bond acceptors (Lipinski definition) is 5. The van der Waals surface area contributed by atoms with Crippen LogP contribution in [0, 0.1) is 0 Å². The summed E-state index contributed by atoms with van der Waals surface area (Å²) in [5.74, 6) is 0.974. The van der Waals surface area contributed by atoms with E-state index in [1.807, 2.05) is 0 Å². The van der Waals surface area contributed by atoms with Crippen LogP contribution in [0.15, 0.2) is 24.3 Å². The third kappa shape index (κ3) is 4.16. The van der Waals surface area contributed by atoms with Gasteiger partial charge in [0, 0.05) is 12.1 Å². The van der Waals surface area contributed by atoms with Crippen molar-refractivity contribution in [3.63, 3.8) is 0 Å². The second-order valence-electron chi connectivity index (χ2n) is 4.94. The molecule has 1 heterocycles. The Morgan fingerprint density at radius 2 is 1.64 bits per heavy atom. The highest BCUT2D eigenvalue weighted by Gasteiger charge is 2.22. The van der Waals surface area contributed by atoms with Crippen LogP contribution in [0.25, 0.3) is 0 Å². The maximum Gasteiger partial charge on any atom is 0.345 e. The number of ether oxygens (including phenoxy) is 4. The first kappa shape index (κ1) is 16.2. The standard InChI is InChI=1S/C17H22O5/c1-19-13-11-14(20-2)16-15(12-13)21-9-7-5-3-4-6-8-10-22-17(16)18/h3-4,11-12H,5-10H2,1-2H3/b4-3-. The van der Waals surface area contributed by atoms with E-state index in [4.69, 9.17) is 18.9 Å². The van der Waals surface area contributed by atoms with Crippen LogP contribution in [0.5, 0.6) is 17.2 Å². The number of allylic oxidation sites excluding steroid dienone is 2. The fourth-order valence-corrected chi connectivity index (χ4v) is 2.22. The smallest absolute Gasteiger partial charge is 0.345 e. The summed E-state index contributed by atoms with van der Waals surface area (Å²) in [6.45, 7) is 0.888. The zero-order chi connectivity index (χ0) is 15.8. The Kier molecular flexibility index (Phi) is 6.13. The normalized spacial score (nSPS) is 17.6. The zero-order valence-corrected chi connectivity index (χ0v) is 13.1. The van der Waals surface area contributed by atoms with Crippen molar-refractivity contribution < 1.29 is 23.7 Å². The fourth-order valence-electron chi connectivity index (χ4n) is 2.22. The summed E-state index contributed by atoms with van der Waals surface area (Å²) in [6.07, 6.45) is 7.78.